The van der Waals surface area contributed by atoms with Crippen LogP contribution in [0.4, 0.5) is 0 Å². The number of nitrogens with zero attached hydrogens (tertiary/aromatic N) is 2. The molecular weight excluding hydrogens is 437 g/mol. The second-order valence-corrected chi connectivity index (χ2v) is 7.83. The van der Waals surface area contributed by atoms with Crippen LogP contribution in [0, 0.1) is 0 Å². The summed E-state index contributed by atoms with van der Waals surface area (Å²) in [5.41, 5.74) is 0.803. The Labute approximate surface area is 183 Å². The number of hydrogen-bond donors (Lipinski definition) is 1. The molecule has 6 nitrogen and oxygen atoms in total. The summed E-state index contributed by atoms with van der Waals surface area (Å²) in [6.07, 6.45) is 0. The summed E-state index contributed by atoms with van der Waals surface area (Å²) in [6, 6.07) is 11.2. The first-order valence-electron chi connectivity index (χ1n) is 8.90. The van der Waals surface area contributed by atoms with Gasteiger partial charge in [-0.25, -0.2) is 0 Å². The van der Waals surface area contributed by atoms with Gasteiger partial charge < -0.3 is 15.1 Å². The summed E-state index contributed by atoms with van der Waals surface area (Å²) in [7, 11) is 0. The smallest absolute Gasteiger partial charge is 0.254 e. The molecule has 0 radical (unpaired) electrons. The van der Waals surface area contributed by atoms with Crippen LogP contribution < -0.4 is 5.32 Å². The summed E-state index contributed by atoms with van der Waals surface area (Å²) in [4.78, 5) is 40.4. The van der Waals surface area contributed by atoms with Crippen molar-refractivity contribution < 1.29 is 14.4 Å². The lowest BCUT2D eigenvalue weighted by molar-refractivity contribution is -0.131. The Morgan fingerprint density at radius 3 is 2.00 bits per heavy atom. The van der Waals surface area contributed by atoms with Crippen molar-refractivity contribution in [2.45, 2.75) is 0 Å². The molecule has 0 unspecified atom stereocenters. The first-order valence-corrected chi connectivity index (χ1v) is 10.0. The Morgan fingerprint density at radius 1 is 0.793 bits per heavy atom. The van der Waals surface area contributed by atoms with Gasteiger partial charge in [0.15, 0.2) is 0 Å². The van der Waals surface area contributed by atoms with E-state index in [2.05, 4.69) is 5.32 Å². The zero-order valence-corrected chi connectivity index (χ0v) is 17.6. The van der Waals surface area contributed by atoms with Gasteiger partial charge in [-0.15, -0.1) is 0 Å². The molecule has 0 bridgehead atoms. The van der Waals surface area contributed by atoms with Crippen molar-refractivity contribution in [2.75, 3.05) is 32.7 Å². The highest BCUT2D eigenvalue weighted by atomic mass is 35.5. The number of rotatable bonds is 4. The fraction of sp³-hybridized carbons (Fsp3) is 0.250. The van der Waals surface area contributed by atoms with Crippen LogP contribution in [0.3, 0.4) is 0 Å². The highest BCUT2D eigenvalue weighted by molar-refractivity contribution is 6.35. The third kappa shape index (κ3) is 5.63. The van der Waals surface area contributed by atoms with Crippen molar-refractivity contribution >= 4 is 52.5 Å². The fourth-order valence-corrected chi connectivity index (χ4v) is 3.73. The number of halogens is 3. The van der Waals surface area contributed by atoms with Gasteiger partial charge in [0.1, 0.15) is 0 Å². The number of hydrogen-bond acceptors (Lipinski definition) is 3. The van der Waals surface area contributed by atoms with Crippen LogP contribution in [0.1, 0.15) is 20.7 Å². The van der Waals surface area contributed by atoms with Crippen molar-refractivity contribution in [1.29, 1.82) is 0 Å². The number of carbonyl (C=O) groups is 3. The van der Waals surface area contributed by atoms with E-state index in [1.807, 2.05) is 0 Å². The van der Waals surface area contributed by atoms with E-state index in [9.17, 15) is 14.4 Å². The normalized spacial score (nSPS) is 13.9. The van der Waals surface area contributed by atoms with Crippen molar-refractivity contribution in [3.05, 3.63) is 68.7 Å². The van der Waals surface area contributed by atoms with E-state index in [4.69, 9.17) is 34.8 Å². The first-order chi connectivity index (χ1) is 13.8. The number of piperazine rings is 1. The molecule has 2 aromatic carbocycles. The monoisotopic (exact) mass is 453 g/mol. The molecule has 1 saturated heterocycles. The van der Waals surface area contributed by atoms with Crippen LogP contribution in [-0.2, 0) is 4.79 Å². The average Bonchev–Trinajstić information content (AvgIpc) is 2.70. The molecular formula is C20H18Cl3N3O3. The average molecular weight is 455 g/mol. The molecule has 1 heterocycles. The predicted molar refractivity (Wildman–Crippen MR) is 113 cm³/mol. The minimum absolute atomic E-state index is 0.122. The zero-order chi connectivity index (χ0) is 21.0. The van der Waals surface area contributed by atoms with Gasteiger partial charge in [-0.2, -0.15) is 0 Å². The van der Waals surface area contributed by atoms with E-state index < -0.39 is 0 Å². The van der Waals surface area contributed by atoms with Gasteiger partial charge in [0.05, 0.1) is 6.54 Å². The molecule has 0 spiro atoms. The largest absolute Gasteiger partial charge is 0.343 e. The van der Waals surface area contributed by atoms with E-state index in [0.717, 1.165) is 0 Å². The Morgan fingerprint density at radius 2 is 1.38 bits per heavy atom. The number of benzene rings is 2. The standard InChI is InChI=1S/C20H18Cl3N3O3/c21-15-3-1-2-13(8-15)19(28)24-12-18(27)25-4-6-26(7-5-25)20(29)14-9-16(22)11-17(23)10-14/h1-3,8-11H,4-7,12H2,(H,24,28). The maximum atomic E-state index is 12.6. The third-order valence-corrected chi connectivity index (χ3v) is 5.19. The lowest BCUT2D eigenvalue weighted by atomic mass is 10.2. The van der Waals surface area contributed by atoms with Crippen molar-refractivity contribution in [1.82, 2.24) is 15.1 Å². The first kappa shape index (κ1) is 21.4. The van der Waals surface area contributed by atoms with Crippen LogP contribution in [0.2, 0.25) is 15.1 Å². The molecule has 152 valence electrons. The maximum Gasteiger partial charge on any atom is 0.254 e. The van der Waals surface area contributed by atoms with Gasteiger partial charge in [-0.3, -0.25) is 14.4 Å². The Bertz CT molecular complexity index is 923. The van der Waals surface area contributed by atoms with Crippen molar-refractivity contribution in [3.63, 3.8) is 0 Å². The third-order valence-electron chi connectivity index (χ3n) is 4.52. The topological polar surface area (TPSA) is 69.7 Å². The van der Waals surface area contributed by atoms with Gasteiger partial charge in [-0.05, 0) is 36.4 Å². The van der Waals surface area contributed by atoms with Crippen LogP contribution in [-0.4, -0.2) is 60.2 Å². The molecule has 1 aliphatic heterocycles. The van der Waals surface area contributed by atoms with Crippen LogP contribution in [0.15, 0.2) is 42.5 Å². The zero-order valence-electron chi connectivity index (χ0n) is 15.3. The quantitative estimate of drug-likeness (QED) is 0.770. The van der Waals surface area contributed by atoms with Crippen molar-refractivity contribution in [2.24, 2.45) is 0 Å². The number of amides is 3. The van der Waals surface area contributed by atoms with E-state index in [0.29, 0.717) is 52.4 Å². The van der Waals surface area contributed by atoms with Gasteiger partial charge in [0, 0.05) is 52.4 Å². The van der Waals surface area contributed by atoms with E-state index in [1.54, 1.807) is 46.2 Å². The summed E-state index contributed by atoms with van der Waals surface area (Å²) in [6.45, 7) is 1.41. The molecule has 29 heavy (non-hydrogen) atoms. The number of nitrogens with one attached hydrogen (secondary N) is 1. The van der Waals surface area contributed by atoms with E-state index in [-0.39, 0.29) is 24.3 Å². The summed E-state index contributed by atoms with van der Waals surface area (Å²) >= 11 is 17.8. The van der Waals surface area contributed by atoms with Crippen LogP contribution >= 0.6 is 34.8 Å². The van der Waals surface area contributed by atoms with Gasteiger partial charge >= 0.3 is 0 Å². The molecule has 1 fully saturated rings. The Hall–Kier alpha value is -2.28. The highest BCUT2D eigenvalue weighted by Crippen LogP contribution is 2.20. The molecule has 0 atom stereocenters. The highest BCUT2D eigenvalue weighted by Gasteiger charge is 2.25. The SMILES string of the molecule is O=C(NCC(=O)N1CCN(C(=O)c2cc(Cl)cc(Cl)c2)CC1)c1cccc(Cl)c1. The molecule has 3 rings (SSSR count). The Kier molecular flexibility index (Phi) is 7.00. The van der Waals surface area contributed by atoms with Crippen LogP contribution in [0.25, 0.3) is 0 Å². The molecule has 3 amide bonds. The molecule has 0 saturated carbocycles. The maximum absolute atomic E-state index is 12.6. The summed E-state index contributed by atoms with van der Waals surface area (Å²) < 4.78 is 0. The fourth-order valence-electron chi connectivity index (χ4n) is 3.02. The molecule has 9 heteroatoms. The molecule has 1 N–H and O–H groups in total. The predicted octanol–water partition coefficient (Wildman–Crippen LogP) is 3.36. The van der Waals surface area contributed by atoms with Gasteiger partial charge in [0.25, 0.3) is 11.8 Å². The van der Waals surface area contributed by atoms with E-state index >= 15 is 0 Å². The van der Waals surface area contributed by atoms with E-state index in [1.165, 1.54) is 6.07 Å². The molecule has 0 aliphatic carbocycles. The molecule has 0 aromatic heterocycles. The van der Waals surface area contributed by atoms with Crippen LogP contribution in [0.5, 0.6) is 0 Å². The second kappa shape index (κ2) is 9.48. The number of carbonyl (C=O) groups excluding carboxylic acids is 3. The lowest BCUT2D eigenvalue weighted by Gasteiger charge is -2.35. The van der Waals surface area contributed by atoms with Gasteiger partial charge in [0.2, 0.25) is 5.91 Å². The van der Waals surface area contributed by atoms with Gasteiger partial charge in [-0.1, -0.05) is 40.9 Å². The van der Waals surface area contributed by atoms with Crippen molar-refractivity contribution in [3.8, 4) is 0 Å². The lowest BCUT2D eigenvalue weighted by Crippen LogP contribution is -2.52. The minimum Gasteiger partial charge on any atom is -0.343 e. The summed E-state index contributed by atoms with van der Waals surface area (Å²) in [5, 5.41) is 3.83. The molecule has 1 aliphatic rings. The summed E-state index contributed by atoms with van der Waals surface area (Å²) in [5.74, 6) is -0.762. The molecule has 2 aromatic rings. The Balaban J connectivity index is 1.50. The second-order valence-electron chi connectivity index (χ2n) is 6.52. The minimum atomic E-state index is -0.368.